The highest BCUT2D eigenvalue weighted by molar-refractivity contribution is 6.22. The molecule has 0 radical (unpaired) electrons. The molecule has 0 amide bonds. The lowest BCUT2D eigenvalue weighted by Gasteiger charge is -2.06. The van der Waals surface area contributed by atoms with Crippen molar-refractivity contribution >= 4 is 10.2 Å². The van der Waals surface area contributed by atoms with Gasteiger partial charge < -0.3 is 0 Å². The van der Waals surface area contributed by atoms with Crippen LogP contribution < -0.4 is 0 Å². The van der Waals surface area contributed by atoms with E-state index in [0.29, 0.717) is 0 Å². The molecule has 0 aromatic rings. The van der Waals surface area contributed by atoms with E-state index < -0.39 is 0 Å². The van der Waals surface area contributed by atoms with Gasteiger partial charge in [-0.3, -0.25) is 0 Å². The number of hydrogen-bond donors (Lipinski definition) is 0. The zero-order valence-corrected chi connectivity index (χ0v) is 9.97. The standard InChI is InChI=1S/C11H18Si/c1-4-7-10(8-5-2)11(12)9-6-3/h4-6H,1-3,7-9H2,12H3. The summed E-state index contributed by atoms with van der Waals surface area (Å²) >= 11 is 0. The maximum Gasteiger partial charge on any atom is 0.0336 e. The van der Waals surface area contributed by atoms with Crippen molar-refractivity contribution in [2.45, 2.75) is 19.3 Å². The zero-order valence-electron chi connectivity index (χ0n) is 7.97. The molecule has 0 N–H and O–H groups in total. The maximum atomic E-state index is 3.75. The second kappa shape index (κ2) is 6.86. The molecule has 0 saturated heterocycles. The van der Waals surface area contributed by atoms with Gasteiger partial charge in [-0.05, 0) is 19.3 Å². The van der Waals surface area contributed by atoms with Crippen LogP contribution in [0.5, 0.6) is 0 Å². The molecule has 0 aliphatic heterocycles. The van der Waals surface area contributed by atoms with Crippen molar-refractivity contribution in [2.75, 3.05) is 0 Å². The van der Waals surface area contributed by atoms with E-state index in [2.05, 4.69) is 19.7 Å². The summed E-state index contributed by atoms with van der Waals surface area (Å²) < 4.78 is 0. The summed E-state index contributed by atoms with van der Waals surface area (Å²) in [6, 6.07) is 0. The first kappa shape index (κ1) is 11.2. The van der Waals surface area contributed by atoms with E-state index in [1.807, 2.05) is 18.2 Å². The SMILES string of the molecule is C=CCC([SiH3])=C(CC=C)CC=C. The lowest BCUT2D eigenvalue weighted by molar-refractivity contribution is 1.07. The molecule has 1 heteroatoms. The minimum atomic E-state index is 0.999. The topological polar surface area (TPSA) is 0 Å². The Morgan fingerprint density at radius 1 is 0.917 bits per heavy atom. The Labute approximate surface area is 78.8 Å². The third kappa shape index (κ3) is 4.14. The van der Waals surface area contributed by atoms with Gasteiger partial charge in [-0.1, -0.05) is 29.0 Å². The summed E-state index contributed by atoms with van der Waals surface area (Å²) in [5.41, 5.74) is 1.48. The fourth-order valence-electron chi connectivity index (χ4n) is 1.14. The Morgan fingerprint density at radius 3 is 1.67 bits per heavy atom. The normalized spacial score (nSPS) is 9.00. The number of rotatable bonds is 6. The van der Waals surface area contributed by atoms with Crippen LogP contribution in [0.3, 0.4) is 0 Å². The molecule has 0 heterocycles. The van der Waals surface area contributed by atoms with Crippen molar-refractivity contribution in [3.8, 4) is 0 Å². The highest BCUT2D eigenvalue weighted by atomic mass is 28.1. The average molecular weight is 178 g/mol. The molecule has 0 aromatic carbocycles. The van der Waals surface area contributed by atoms with Gasteiger partial charge in [-0.2, -0.15) is 0 Å². The molecule has 0 aromatic heterocycles. The quantitative estimate of drug-likeness (QED) is 0.432. The van der Waals surface area contributed by atoms with Crippen LogP contribution in [-0.4, -0.2) is 10.2 Å². The van der Waals surface area contributed by atoms with Crippen LogP contribution in [0.25, 0.3) is 0 Å². The fraction of sp³-hybridized carbons (Fsp3) is 0.273. The third-order valence-electron chi connectivity index (χ3n) is 1.84. The van der Waals surface area contributed by atoms with Gasteiger partial charge in [0.05, 0.1) is 0 Å². The van der Waals surface area contributed by atoms with Crippen LogP contribution in [0.1, 0.15) is 19.3 Å². The van der Waals surface area contributed by atoms with Gasteiger partial charge in [0.1, 0.15) is 0 Å². The zero-order chi connectivity index (χ0) is 9.40. The molecule has 0 fully saturated rings. The number of hydrogen-bond acceptors (Lipinski definition) is 0. The highest BCUT2D eigenvalue weighted by Crippen LogP contribution is 2.14. The molecule has 0 unspecified atom stereocenters. The first-order valence-corrected chi connectivity index (χ1v) is 5.26. The van der Waals surface area contributed by atoms with Crippen LogP contribution in [0.4, 0.5) is 0 Å². The molecule has 0 rings (SSSR count). The van der Waals surface area contributed by atoms with Crippen molar-refractivity contribution in [1.29, 1.82) is 0 Å². The van der Waals surface area contributed by atoms with Gasteiger partial charge >= 0.3 is 0 Å². The molecular weight excluding hydrogens is 160 g/mol. The molecule has 0 aliphatic carbocycles. The Bertz CT molecular complexity index is 187. The summed E-state index contributed by atoms with van der Waals surface area (Å²) in [4.78, 5) is 0. The molecule has 0 nitrogen and oxygen atoms in total. The molecule has 0 atom stereocenters. The lowest BCUT2D eigenvalue weighted by Crippen LogP contribution is -1.89. The van der Waals surface area contributed by atoms with E-state index in [4.69, 9.17) is 0 Å². The van der Waals surface area contributed by atoms with Crippen LogP contribution in [0.2, 0.25) is 0 Å². The Hall–Kier alpha value is -0.823. The van der Waals surface area contributed by atoms with Crippen molar-refractivity contribution in [1.82, 2.24) is 0 Å². The van der Waals surface area contributed by atoms with Gasteiger partial charge in [-0.15, -0.1) is 19.7 Å². The first-order chi connectivity index (χ1) is 5.76. The van der Waals surface area contributed by atoms with Crippen LogP contribution in [0, 0.1) is 0 Å². The van der Waals surface area contributed by atoms with E-state index in [1.54, 1.807) is 0 Å². The Morgan fingerprint density at radius 2 is 1.33 bits per heavy atom. The predicted octanol–water partition coefficient (Wildman–Crippen LogP) is 2.33. The van der Waals surface area contributed by atoms with Crippen molar-refractivity contribution in [2.24, 2.45) is 0 Å². The first-order valence-electron chi connectivity index (χ1n) is 4.26. The van der Waals surface area contributed by atoms with Crippen molar-refractivity contribution < 1.29 is 0 Å². The molecule has 12 heavy (non-hydrogen) atoms. The van der Waals surface area contributed by atoms with E-state index >= 15 is 0 Å². The molecule has 66 valence electrons. The molecular formula is C11H18Si. The molecule has 0 aliphatic rings. The predicted molar refractivity (Wildman–Crippen MR) is 61.4 cm³/mol. The lowest BCUT2D eigenvalue weighted by atomic mass is 10.1. The van der Waals surface area contributed by atoms with Crippen LogP contribution in [-0.2, 0) is 0 Å². The minimum absolute atomic E-state index is 0.999. The van der Waals surface area contributed by atoms with E-state index in [9.17, 15) is 0 Å². The summed E-state index contributed by atoms with van der Waals surface area (Å²) in [5.74, 6) is 0. The summed E-state index contributed by atoms with van der Waals surface area (Å²) in [5, 5.41) is 1.53. The van der Waals surface area contributed by atoms with Gasteiger partial charge in [0.2, 0.25) is 0 Å². The fourth-order valence-corrected chi connectivity index (χ4v) is 1.84. The van der Waals surface area contributed by atoms with E-state index in [-0.39, 0.29) is 0 Å². The largest absolute Gasteiger partial charge is 0.103 e. The second-order valence-corrected chi connectivity index (χ2v) is 4.07. The highest BCUT2D eigenvalue weighted by Gasteiger charge is 1.96. The van der Waals surface area contributed by atoms with Crippen molar-refractivity contribution in [3.05, 3.63) is 48.7 Å². The van der Waals surface area contributed by atoms with E-state index in [0.717, 1.165) is 29.5 Å². The smallest absolute Gasteiger partial charge is 0.0336 e. The minimum Gasteiger partial charge on any atom is -0.103 e. The van der Waals surface area contributed by atoms with Gasteiger partial charge in [-0.25, -0.2) is 0 Å². The Kier molecular flexibility index (Phi) is 6.39. The van der Waals surface area contributed by atoms with Crippen molar-refractivity contribution in [3.63, 3.8) is 0 Å². The Balaban J connectivity index is 4.39. The molecule has 0 saturated carbocycles. The maximum absolute atomic E-state index is 3.75. The summed E-state index contributed by atoms with van der Waals surface area (Å²) in [6.45, 7) is 11.2. The summed E-state index contributed by atoms with van der Waals surface area (Å²) in [7, 11) is 1.12. The number of allylic oxidation sites excluding steroid dienone is 5. The molecule has 0 spiro atoms. The summed E-state index contributed by atoms with van der Waals surface area (Å²) in [6.07, 6.45) is 8.91. The van der Waals surface area contributed by atoms with Gasteiger partial charge in [0.25, 0.3) is 0 Å². The van der Waals surface area contributed by atoms with Gasteiger partial charge in [0, 0.05) is 10.2 Å². The second-order valence-electron chi connectivity index (χ2n) is 2.86. The van der Waals surface area contributed by atoms with Crippen LogP contribution >= 0.6 is 0 Å². The monoisotopic (exact) mass is 178 g/mol. The third-order valence-corrected chi connectivity index (χ3v) is 2.95. The molecule has 0 bridgehead atoms. The average Bonchev–Trinajstić information content (AvgIpc) is 2.04. The van der Waals surface area contributed by atoms with E-state index in [1.165, 1.54) is 10.8 Å². The van der Waals surface area contributed by atoms with Crippen LogP contribution in [0.15, 0.2) is 48.7 Å². The van der Waals surface area contributed by atoms with Gasteiger partial charge in [0.15, 0.2) is 0 Å².